The lowest BCUT2D eigenvalue weighted by Gasteiger charge is -2.10. The number of nitrogen functional groups attached to an aromatic ring is 1. The summed E-state index contributed by atoms with van der Waals surface area (Å²) < 4.78 is 1.67. The van der Waals surface area contributed by atoms with Gasteiger partial charge in [0.25, 0.3) is 0 Å². The molecule has 0 aliphatic rings. The number of aryl methyl sites for hydroxylation is 1. The number of anilines is 1. The summed E-state index contributed by atoms with van der Waals surface area (Å²) in [5.41, 5.74) is 11.7. The maximum Gasteiger partial charge on any atom is 0.165 e. The molecule has 0 atom stereocenters. The van der Waals surface area contributed by atoms with Crippen molar-refractivity contribution < 1.29 is 0 Å². The third kappa shape index (κ3) is 4.95. The van der Waals surface area contributed by atoms with E-state index in [-0.39, 0.29) is 0 Å². The molecule has 2 aromatic heterocycles. The molecule has 0 saturated heterocycles. The highest BCUT2D eigenvalue weighted by Crippen LogP contribution is 2.24. The molecule has 1 aromatic carbocycles. The van der Waals surface area contributed by atoms with E-state index < -0.39 is 0 Å². The fraction of sp³-hybridized carbons (Fsp3) is 0.261. The number of nitrogens with one attached hydrogen (secondary N) is 1. The molecule has 0 aliphatic carbocycles. The van der Waals surface area contributed by atoms with Crippen LogP contribution in [0.1, 0.15) is 35.7 Å². The molecule has 0 saturated carbocycles. The highest BCUT2D eigenvalue weighted by Gasteiger charge is 2.15. The van der Waals surface area contributed by atoms with Crippen LogP contribution in [0.15, 0.2) is 48.7 Å². The van der Waals surface area contributed by atoms with Crippen LogP contribution >= 0.6 is 11.8 Å². The van der Waals surface area contributed by atoms with Crippen LogP contribution in [-0.2, 0) is 6.42 Å². The molecule has 0 radical (unpaired) electrons. The summed E-state index contributed by atoms with van der Waals surface area (Å²) in [5, 5.41) is 12.3. The normalized spacial score (nSPS) is 12.1. The van der Waals surface area contributed by atoms with Gasteiger partial charge in [-0.3, -0.25) is 0 Å². The highest BCUT2D eigenvalue weighted by molar-refractivity contribution is 7.99. The fourth-order valence-electron chi connectivity index (χ4n) is 3.12. The maximum atomic E-state index is 7.88. The van der Waals surface area contributed by atoms with Gasteiger partial charge < -0.3 is 11.1 Å². The van der Waals surface area contributed by atoms with E-state index in [9.17, 15) is 0 Å². The van der Waals surface area contributed by atoms with Crippen molar-refractivity contribution in [2.75, 3.05) is 17.2 Å². The molecule has 2 heterocycles. The van der Waals surface area contributed by atoms with E-state index in [0.29, 0.717) is 11.5 Å². The number of fused-ring (bicyclic) bond motifs is 1. The standard InChI is InChI=1S/C23H27N5S/c1-3-29-14-8-13-21-17(2)22(25)28-23(27-21)20(16-26-28)19(15-24)12-7-11-18-9-5-4-6-10-18/h4-7,9-12,15-16,24H,3,8,13-14,25H2,1-2H3/b11-7+,19-12+,24-15?. The van der Waals surface area contributed by atoms with Crippen molar-refractivity contribution in [1.29, 1.82) is 5.41 Å². The Hall–Kier alpha value is -2.86. The molecule has 150 valence electrons. The molecule has 29 heavy (non-hydrogen) atoms. The molecule has 0 fully saturated rings. The first-order valence-electron chi connectivity index (χ1n) is 9.80. The van der Waals surface area contributed by atoms with Crippen molar-refractivity contribution in [3.05, 3.63) is 71.1 Å². The van der Waals surface area contributed by atoms with Crippen molar-refractivity contribution in [1.82, 2.24) is 14.6 Å². The molecule has 5 nitrogen and oxygen atoms in total. The maximum absolute atomic E-state index is 7.88. The Balaban J connectivity index is 1.93. The van der Waals surface area contributed by atoms with Crippen LogP contribution in [0.4, 0.5) is 5.82 Å². The number of hydrogen-bond donors (Lipinski definition) is 2. The van der Waals surface area contributed by atoms with E-state index in [1.807, 2.05) is 67.2 Å². The third-order valence-corrected chi connectivity index (χ3v) is 5.75. The van der Waals surface area contributed by atoms with Gasteiger partial charge in [0, 0.05) is 28.6 Å². The fourth-order valence-corrected chi connectivity index (χ4v) is 3.76. The Bertz CT molecular complexity index is 1030. The van der Waals surface area contributed by atoms with E-state index >= 15 is 0 Å². The monoisotopic (exact) mass is 405 g/mol. The lowest BCUT2D eigenvalue weighted by molar-refractivity contribution is 0.855. The van der Waals surface area contributed by atoms with Gasteiger partial charge in [0.05, 0.1) is 6.20 Å². The summed E-state index contributed by atoms with van der Waals surface area (Å²) in [7, 11) is 0. The second-order valence-corrected chi connectivity index (χ2v) is 8.09. The molecule has 0 amide bonds. The third-order valence-electron chi connectivity index (χ3n) is 4.77. The molecule has 3 aromatic rings. The molecule has 0 aliphatic heterocycles. The molecule has 0 unspecified atom stereocenters. The molecular weight excluding hydrogens is 378 g/mol. The zero-order valence-electron chi connectivity index (χ0n) is 16.9. The number of rotatable bonds is 9. The first kappa shape index (κ1) is 20.9. The van der Waals surface area contributed by atoms with Crippen molar-refractivity contribution in [2.24, 2.45) is 0 Å². The largest absolute Gasteiger partial charge is 0.383 e. The van der Waals surface area contributed by atoms with Crippen molar-refractivity contribution in [3.8, 4) is 0 Å². The SMILES string of the molecule is CCSCCCc1nc2c(/C(C=N)=C/C=C/c3ccccc3)cnn2c(N)c1C. The van der Waals surface area contributed by atoms with Crippen molar-refractivity contribution in [3.63, 3.8) is 0 Å². The van der Waals surface area contributed by atoms with Gasteiger partial charge in [-0.25, -0.2) is 4.98 Å². The quantitative estimate of drug-likeness (QED) is 0.296. The average Bonchev–Trinajstić information content (AvgIpc) is 3.16. The minimum atomic E-state index is 0.614. The summed E-state index contributed by atoms with van der Waals surface area (Å²) in [6.07, 6.45) is 10.9. The Morgan fingerprint density at radius 1 is 1.28 bits per heavy atom. The van der Waals surface area contributed by atoms with Gasteiger partial charge in [-0.1, -0.05) is 55.5 Å². The molecule has 3 N–H and O–H groups in total. The van der Waals surface area contributed by atoms with Crippen LogP contribution in [0.5, 0.6) is 0 Å². The second kappa shape index (κ2) is 10.1. The molecular formula is C23H27N5S. The van der Waals surface area contributed by atoms with Crippen molar-refractivity contribution >= 4 is 41.1 Å². The first-order valence-corrected chi connectivity index (χ1v) is 11.0. The van der Waals surface area contributed by atoms with Gasteiger partial charge in [-0.05, 0) is 36.8 Å². The van der Waals surface area contributed by atoms with Gasteiger partial charge in [0.1, 0.15) is 5.82 Å². The summed E-state index contributed by atoms with van der Waals surface area (Å²) in [6, 6.07) is 10.1. The van der Waals surface area contributed by atoms with Gasteiger partial charge in [-0.2, -0.15) is 21.4 Å². The highest BCUT2D eigenvalue weighted by atomic mass is 32.2. The molecule has 3 rings (SSSR count). The zero-order valence-corrected chi connectivity index (χ0v) is 17.7. The summed E-state index contributed by atoms with van der Waals surface area (Å²) >= 11 is 1.94. The van der Waals surface area contributed by atoms with Gasteiger partial charge in [0.2, 0.25) is 0 Å². The van der Waals surface area contributed by atoms with Gasteiger partial charge in [0.15, 0.2) is 5.65 Å². The van der Waals surface area contributed by atoms with Gasteiger partial charge in [-0.15, -0.1) is 0 Å². The first-order chi connectivity index (χ1) is 14.2. The van der Waals surface area contributed by atoms with Crippen molar-refractivity contribution in [2.45, 2.75) is 26.7 Å². The summed E-state index contributed by atoms with van der Waals surface area (Å²) in [6.45, 7) is 4.18. The lowest BCUT2D eigenvalue weighted by Crippen LogP contribution is -2.08. The second-order valence-electron chi connectivity index (χ2n) is 6.70. The number of hydrogen-bond acceptors (Lipinski definition) is 5. The smallest absolute Gasteiger partial charge is 0.165 e. The topological polar surface area (TPSA) is 80.1 Å². The van der Waals surface area contributed by atoms with Crippen LogP contribution in [0, 0.1) is 12.3 Å². The minimum Gasteiger partial charge on any atom is -0.383 e. The van der Waals surface area contributed by atoms with E-state index in [1.54, 1.807) is 10.7 Å². The van der Waals surface area contributed by atoms with E-state index in [2.05, 4.69) is 12.0 Å². The van der Waals surface area contributed by atoms with Crippen LogP contribution < -0.4 is 5.73 Å². The molecule has 0 spiro atoms. The van der Waals surface area contributed by atoms with Crippen LogP contribution in [-0.4, -0.2) is 32.3 Å². The minimum absolute atomic E-state index is 0.614. The number of nitrogens with zero attached hydrogens (tertiary/aromatic N) is 3. The Kier molecular flexibility index (Phi) is 7.25. The Morgan fingerprint density at radius 3 is 2.79 bits per heavy atom. The zero-order chi connectivity index (χ0) is 20.6. The van der Waals surface area contributed by atoms with E-state index in [1.165, 1.54) is 6.21 Å². The Labute approximate surface area is 176 Å². The molecule has 0 bridgehead atoms. The predicted molar refractivity (Wildman–Crippen MR) is 126 cm³/mol. The van der Waals surface area contributed by atoms with E-state index in [0.717, 1.165) is 52.3 Å². The number of benzene rings is 1. The van der Waals surface area contributed by atoms with E-state index in [4.69, 9.17) is 16.1 Å². The van der Waals surface area contributed by atoms with Crippen LogP contribution in [0.3, 0.4) is 0 Å². The van der Waals surface area contributed by atoms with Crippen LogP contribution in [0.25, 0.3) is 17.3 Å². The predicted octanol–water partition coefficient (Wildman–Crippen LogP) is 5.05. The number of aromatic nitrogens is 3. The number of nitrogens with two attached hydrogens (primary N) is 1. The summed E-state index contributed by atoms with van der Waals surface area (Å²) in [5.74, 6) is 2.86. The van der Waals surface area contributed by atoms with Gasteiger partial charge >= 0.3 is 0 Å². The number of thioether (sulfide) groups is 1. The summed E-state index contributed by atoms with van der Waals surface area (Å²) in [4.78, 5) is 4.87. The van der Waals surface area contributed by atoms with Crippen LogP contribution in [0.2, 0.25) is 0 Å². The lowest BCUT2D eigenvalue weighted by atomic mass is 10.1. The average molecular weight is 406 g/mol. The number of allylic oxidation sites excluding steroid dienone is 3. The molecule has 6 heteroatoms. The Morgan fingerprint density at radius 2 is 2.07 bits per heavy atom.